The molecule has 0 fully saturated rings. The van der Waals surface area contributed by atoms with Crippen LogP contribution < -0.4 is 14.8 Å². The summed E-state index contributed by atoms with van der Waals surface area (Å²) in [6.45, 7) is 2.43. The van der Waals surface area contributed by atoms with Gasteiger partial charge in [0.25, 0.3) is 0 Å². The molecule has 0 unspecified atom stereocenters. The first-order valence-electron chi connectivity index (χ1n) is 8.22. The van der Waals surface area contributed by atoms with Gasteiger partial charge in [-0.2, -0.15) is 0 Å². The first-order chi connectivity index (χ1) is 12.1. The molecule has 0 radical (unpaired) electrons. The molecule has 0 aliphatic carbocycles. The number of fused-ring (bicyclic) bond motifs is 1. The second-order valence-electron chi connectivity index (χ2n) is 6.02. The summed E-state index contributed by atoms with van der Waals surface area (Å²) in [4.78, 5) is 14.0. The van der Waals surface area contributed by atoms with Gasteiger partial charge in [0.1, 0.15) is 19.0 Å². The zero-order chi connectivity index (χ0) is 17.6. The van der Waals surface area contributed by atoms with Crippen LogP contribution in [0.15, 0.2) is 42.5 Å². The summed E-state index contributed by atoms with van der Waals surface area (Å²) < 4.78 is 24.2. The molecule has 2 aromatic carbocycles. The maximum absolute atomic E-state index is 13.1. The Kier molecular flexibility index (Phi) is 5.50. The van der Waals surface area contributed by atoms with Gasteiger partial charge in [-0.3, -0.25) is 4.79 Å². The van der Waals surface area contributed by atoms with E-state index in [0.29, 0.717) is 38.4 Å². The van der Waals surface area contributed by atoms with Crippen LogP contribution in [0.5, 0.6) is 11.5 Å². The lowest BCUT2D eigenvalue weighted by Crippen LogP contribution is -2.24. The quantitative estimate of drug-likeness (QED) is 0.875. The summed E-state index contributed by atoms with van der Waals surface area (Å²) >= 11 is 0. The molecule has 6 heteroatoms. The van der Waals surface area contributed by atoms with Crippen molar-refractivity contribution < 1.29 is 18.7 Å². The number of rotatable bonds is 6. The van der Waals surface area contributed by atoms with E-state index >= 15 is 0 Å². The Bertz CT molecular complexity index is 751. The fourth-order valence-corrected chi connectivity index (χ4v) is 2.66. The maximum Gasteiger partial charge on any atom is 0.225 e. The van der Waals surface area contributed by atoms with Crippen LogP contribution in [-0.2, 0) is 11.3 Å². The number of halogens is 1. The Morgan fingerprint density at radius 2 is 1.96 bits per heavy atom. The fourth-order valence-electron chi connectivity index (χ4n) is 2.66. The van der Waals surface area contributed by atoms with Crippen molar-refractivity contribution in [3.63, 3.8) is 0 Å². The number of amides is 1. The van der Waals surface area contributed by atoms with Crippen LogP contribution in [0.25, 0.3) is 0 Å². The summed E-state index contributed by atoms with van der Waals surface area (Å²) in [6, 6.07) is 11.8. The van der Waals surface area contributed by atoms with Gasteiger partial charge >= 0.3 is 0 Å². The Morgan fingerprint density at radius 3 is 2.76 bits per heavy atom. The van der Waals surface area contributed by atoms with Crippen LogP contribution in [0.3, 0.4) is 0 Å². The molecule has 1 aliphatic rings. The minimum atomic E-state index is -0.367. The molecule has 1 amide bonds. The predicted octanol–water partition coefficient (Wildman–Crippen LogP) is 3.06. The Balaban J connectivity index is 1.47. The number of nitrogens with zero attached hydrogens (tertiary/aromatic N) is 1. The van der Waals surface area contributed by atoms with Crippen molar-refractivity contribution in [2.75, 3.05) is 32.1 Å². The highest BCUT2D eigenvalue weighted by Crippen LogP contribution is 2.31. The van der Waals surface area contributed by atoms with Gasteiger partial charge < -0.3 is 19.7 Å². The van der Waals surface area contributed by atoms with Gasteiger partial charge in [-0.25, -0.2) is 4.39 Å². The van der Waals surface area contributed by atoms with Crippen LogP contribution in [0, 0.1) is 5.82 Å². The van der Waals surface area contributed by atoms with Gasteiger partial charge in [0.05, 0.1) is 0 Å². The molecule has 0 saturated carbocycles. The number of anilines is 1. The maximum atomic E-state index is 13.1. The lowest BCUT2D eigenvalue weighted by molar-refractivity contribution is -0.116. The molecule has 0 atom stereocenters. The van der Waals surface area contributed by atoms with Crippen molar-refractivity contribution in [2.24, 2.45) is 0 Å². The standard InChI is InChI=1S/C19H21FN2O3/c1-22(8-7-19(23)21-16-4-2-3-15(20)12-16)13-14-5-6-17-18(11-14)25-10-9-24-17/h2-6,11-12H,7-10,13H2,1H3,(H,21,23). The third kappa shape index (κ3) is 4.93. The van der Waals surface area contributed by atoms with Crippen LogP contribution in [0.2, 0.25) is 0 Å². The molecule has 5 nitrogen and oxygen atoms in total. The van der Waals surface area contributed by atoms with Crippen molar-refractivity contribution >= 4 is 11.6 Å². The molecular weight excluding hydrogens is 323 g/mol. The molecule has 25 heavy (non-hydrogen) atoms. The molecule has 2 aromatic rings. The van der Waals surface area contributed by atoms with Crippen LogP contribution >= 0.6 is 0 Å². The highest BCUT2D eigenvalue weighted by atomic mass is 19.1. The van der Waals surface area contributed by atoms with E-state index in [0.717, 1.165) is 17.1 Å². The summed E-state index contributed by atoms with van der Waals surface area (Å²) in [6.07, 6.45) is 0.331. The van der Waals surface area contributed by atoms with E-state index in [1.807, 2.05) is 25.2 Å². The van der Waals surface area contributed by atoms with Crippen LogP contribution in [0.1, 0.15) is 12.0 Å². The van der Waals surface area contributed by atoms with E-state index in [2.05, 4.69) is 10.2 Å². The summed E-state index contributed by atoms with van der Waals surface area (Å²) in [5, 5.41) is 2.70. The third-order valence-electron chi connectivity index (χ3n) is 3.89. The van der Waals surface area contributed by atoms with Gasteiger partial charge in [0.2, 0.25) is 5.91 Å². The smallest absolute Gasteiger partial charge is 0.225 e. The SMILES string of the molecule is CN(CCC(=O)Nc1cccc(F)c1)Cc1ccc2c(c1)OCCO2. The number of nitrogens with one attached hydrogen (secondary N) is 1. The topological polar surface area (TPSA) is 50.8 Å². The van der Waals surface area contributed by atoms with Crippen LogP contribution in [0.4, 0.5) is 10.1 Å². The fraction of sp³-hybridized carbons (Fsp3) is 0.316. The van der Waals surface area contributed by atoms with Gasteiger partial charge in [0, 0.05) is 25.2 Å². The monoisotopic (exact) mass is 344 g/mol. The zero-order valence-electron chi connectivity index (χ0n) is 14.1. The van der Waals surface area contributed by atoms with E-state index in [9.17, 15) is 9.18 Å². The van der Waals surface area contributed by atoms with E-state index in [4.69, 9.17) is 9.47 Å². The molecule has 0 saturated heterocycles. The lowest BCUT2D eigenvalue weighted by Gasteiger charge is -2.21. The number of benzene rings is 2. The first-order valence-corrected chi connectivity index (χ1v) is 8.22. The second kappa shape index (κ2) is 7.98. The average Bonchev–Trinajstić information content (AvgIpc) is 2.60. The number of hydrogen-bond donors (Lipinski definition) is 1. The van der Waals surface area contributed by atoms with Crippen molar-refractivity contribution in [2.45, 2.75) is 13.0 Å². The van der Waals surface area contributed by atoms with Crippen molar-refractivity contribution in [3.05, 3.63) is 53.8 Å². The largest absolute Gasteiger partial charge is 0.486 e. The Morgan fingerprint density at radius 1 is 1.16 bits per heavy atom. The predicted molar refractivity (Wildman–Crippen MR) is 93.4 cm³/mol. The zero-order valence-corrected chi connectivity index (χ0v) is 14.1. The van der Waals surface area contributed by atoms with Crippen molar-refractivity contribution in [3.8, 4) is 11.5 Å². The number of carbonyl (C=O) groups is 1. The van der Waals surface area contributed by atoms with Crippen molar-refractivity contribution in [1.29, 1.82) is 0 Å². The summed E-state index contributed by atoms with van der Waals surface area (Å²) in [7, 11) is 1.95. The number of ether oxygens (including phenoxy) is 2. The van der Waals surface area contributed by atoms with Gasteiger partial charge in [-0.15, -0.1) is 0 Å². The third-order valence-corrected chi connectivity index (χ3v) is 3.89. The van der Waals surface area contributed by atoms with Gasteiger partial charge in [0.15, 0.2) is 11.5 Å². The molecule has 1 heterocycles. The van der Waals surface area contributed by atoms with Crippen LogP contribution in [-0.4, -0.2) is 37.6 Å². The molecule has 1 aliphatic heterocycles. The molecule has 1 N–H and O–H groups in total. The van der Waals surface area contributed by atoms with Crippen molar-refractivity contribution in [1.82, 2.24) is 4.90 Å². The minimum Gasteiger partial charge on any atom is -0.486 e. The summed E-state index contributed by atoms with van der Waals surface area (Å²) in [5.41, 5.74) is 1.57. The van der Waals surface area contributed by atoms with E-state index in [-0.39, 0.29) is 11.7 Å². The number of carbonyl (C=O) groups excluding carboxylic acids is 1. The van der Waals surface area contributed by atoms with E-state index in [1.165, 1.54) is 12.1 Å². The van der Waals surface area contributed by atoms with E-state index in [1.54, 1.807) is 12.1 Å². The highest BCUT2D eigenvalue weighted by molar-refractivity contribution is 5.90. The second-order valence-corrected chi connectivity index (χ2v) is 6.02. The number of hydrogen-bond acceptors (Lipinski definition) is 4. The average molecular weight is 344 g/mol. The molecule has 132 valence electrons. The normalized spacial score (nSPS) is 12.9. The Hall–Kier alpha value is -2.60. The molecule has 0 spiro atoms. The molecule has 0 aromatic heterocycles. The van der Waals surface area contributed by atoms with Gasteiger partial charge in [-0.1, -0.05) is 12.1 Å². The molecular formula is C19H21FN2O3. The molecule has 3 rings (SSSR count). The first kappa shape index (κ1) is 17.2. The minimum absolute atomic E-state index is 0.139. The summed E-state index contributed by atoms with van der Waals surface area (Å²) in [5.74, 6) is 1.03. The Labute approximate surface area is 146 Å². The van der Waals surface area contributed by atoms with E-state index < -0.39 is 0 Å². The molecule has 0 bridgehead atoms. The van der Waals surface area contributed by atoms with Gasteiger partial charge in [-0.05, 0) is 42.9 Å². The lowest BCUT2D eigenvalue weighted by atomic mass is 10.2. The highest BCUT2D eigenvalue weighted by Gasteiger charge is 2.13.